The van der Waals surface area contributed by atoms with Gasteiger partial charge in [0.15, 0.2) is 0 Å². The summed E-state index contributed by atoms with van der Waals surface area (Å²) in [4.78, 5) is 0. The van der Waals surface area contributed by atoms with Crippen LogP contribution in [-0.4, -0.2) is 18.3 Å². The summed E-state index contributed by atoms with van der Waals surface area (Å²) < 4.78 is 36.6. The summed E-state index contributed by atoms with van der Waals surface area (Å²) in [6, 6.07) is 5.66. The summed E-state index contributed by atoms with van der Waals surface area (Å²) in [5.74, 6) is 0. The first-order valence-electron chi connectivity index (χ1n) is 4.53. The summed E-state index contributed by atoms with van der Waals surface area (Å²) in [6.07, 6.45) is -4.31. The third-order valence-corrected chi connectivity index (χ3v) is 2.15. The molecule has 0 aliphatic carbocycles. The van der Waals surface area contributed by atoms with Crippen LogP contribution in [0.5, 0.6) is 0 Å². The zero-order chi connectivity index (χ0) is 11.5. The van der Waals surface area contributed by atoms with Gasteiger partial charge in [0.2, 0.25) is 0 Å². The molecule has 0 aromatic heterocycles. The Morgan fingerprint density at radius 2 is 1.60 bits per heavy atom. The van der Waals surface area contributed by atoms with Crippen LogP contribution in [0.15, 0.2) is 30.3 Å². The SMILES string of the molecule is N[C@H](Cc1ccccc1)[C@@H](N)C(F)(F)F. The van der Waals surface area contributed by atoms with E-state index in [1.165, 1.54) is 0 Å². The van der Waals surface area contributed by atoms with E-state index in [4.69, 9.17) is 11.5 Å². The summed E-state index contributed by atoms with van der Waals surface area (Å²) >= 11 is 0. The van der Waals surface area contributed by atoms with Crippen LogP contribution in [0.2, 0.25) is 0 Å². The normalized spacial score (nSPS) is 16.1. The van der Waals surface area contributed by atoms with Crippen molar-refractivity contribution in [3.63, 3.8) is 0 Å². The Hall–Kier alpha value is -1.07. The van der Waals surface area contributed by atoms with Crippen LogP contribution >= 0.6 is 0 Å². The van der Waals surface area contributed by atoms with Gasteiger partial charge in [-0.15, -0.1) is 0 Å². The number of hydrogen-bond donors (Lipinski definition) is 2. The second-order valence-corrected chi connectivity index (χ2v) is 3.42. The lowest BCUT2D eigenvalue weighted by Crippen LogP contribution is -2.52. The lowest BCUT2D eigenvalue weighted by molar-refractivity contribution is -0.151. The molecule has 1 aromatic rings. The number of alkyl halides is 3. The van der Waals surface area contributed by atoms with Crippen LogP contribution in [0.3, 0.4) is 0 Å². The van der Waals surface area contributed by atoms with Crippen molar-refractivity contribution in [1.29, 1.82) is 0 Å². The average Bonchev–Trinajstić information content (AvgIpc) is 2.16. The quantitative estimate of drug-likeness (QED) is 0.806. The molecule has 0 unspecified atom stereocenters. The molecule has 2 nitrogen and oxygen atoms in total. The summed E-state index contributed by atoms with van der Waals surface area (Å²) in [6.45, 7) is 0. The van der Waals surface area contributed by atoms with Crippen molar-refractivity contribution in [2.24, 2.45) is 11.5 Å². The van der Waals surface area contributed by atoms with Gasteiger partial charge in [-0.3, -0.25) is 0 Å². The fourth-order valence-corrected chi connectivity index (χ4v) is 1.26. The molecular weight excluding hydrogens is 205 g/mol. The van der Waals surface area contributed by atoms with E-state index in [1.54, 1.807) is 30.3 Å². The fourth-order valence-electron chi connectivity index (χ4n) is 1.26. The van der Waals surface area contributed by atoms with E-state index in [0.29, 0.717) is 0 Å². The van der Waals surface area contributed by atoms with Gasteiger partial charge in [0.25, 0.3) is 0 Å². The number of rotatable bonds is 3. The maximum absolute atomic E-state index is 12.2. The molecule has 0 saturated carbocycles. The minimum Gasteiger partial charge on any atom is -0.326 e. The Labute approximate surface area is 86.1 Å². The predicted octanol–water partition coefficient (Wildman–Crippen LogP) is 1.45. The number of nitrogens with two attached hydrogens (primary N) is 2. The largest absolute Gasteiger partial charge is 0.405 e. The molecule has 1 aromatic carbocycles. The maximum atomic E-state index is 12.2. The van der Waals surface area contributed by atoms with Gasteiger partial charge in [-0.05, 0) is 12.0 Å². The molecule has 0 heterocycles. The molecule has 5 heteroatoms. The van der Waals surface area contributed by atoms with Gasteiger partial charge in [0.1, 0.15) is 6.04 Å². The second-order valence-electron chi connectivity index (χ2n) is 3.42. The van der Waals surface area contributed by atoms with Gasteiger partial charge in [0, 0.05) is 6.04 Å². The molecule has 1 rings (SSSR count). The molecule has 0 bridgehead atoms. The number of hydrogen-bond acceptors (Lipinski definition) is 2. The molecule has 0 amide bonds. The number of benzene rings is 1. The zero-order valence-electron chi connectivity index (χ0n) is 8.04. The van der Waals surface area contributed by atoms with Crippen molar-refractivity contribution < 1.29 is 13.2 Å². The lowest BCUT2D eigenvalue weighted by Gasteiger charge is -2.22. The first-order valence-corrected chi connectivity index (χ1v) is 4.53. The molecule has 84 valence electrons. The molecule has 0 aliphatic heterocycles. The highest BCUT2D eigenvalue weighted by molar-refractivity contribution is 5.16. The van der Waals surface area contributed by atoms with Gasteiger partial charge in [-0.25, -0.2) is 0 Å². The van der Waals surface area contributed by atoms with Crippen LogP contribution in [0.1, 0.15) is 5.56 Å². The highest BCUT2D eigenvalue weighted by atomic mass is 19.4. The van der Waals surface area contributed by atoms with E-state index in [2.05, 4.69) is 0 Å². The molecule has 0 aliphatic rings. The third-order valence-electron chi connectivity index (χ3n) is 2.15. The molecule has 2 atom stereocenters. The van der Waals surface area contributed by atoms with Crippen molar-refractivity contribution in [1.82, 2.24) is 0 Å². The van der Waals surface area contributed by atoms with E-state index in [-0.39, 0.29) is 6.42 Å². The van der Waals surface area contributed by atoms with E-state index in [0.717, 1.165) is 5.56 Å². The highest BCUT2D eigenvalue weighted by Gasteiger charge is 2.40. The van der Waals surface area contributed by atoms with E-state index in [9.17, 15) is 13.2 Å². The van der Waals surface area contributed by atoms with Gasteiger partial charge in [-0.2, -0.15) is 13.2 Å². The van der Waals surface area contributed by atoms with Crippen LogP contribution in [0, 0.1) is 0 Å². The predicted molar refractivity (Wildman–Crippen MR) is 52.2 cm³/mol. The average molecular weight is 218 g/mol. The van der Waals surface area contributed by atoms with Crippen LogP contribution in [0.4, 0.5) is 13.2 Å². The van der Waals surface area contributed by atoms with Gasteiger partial charge in [-0.1, -0.05) is 30.3 Å². The Balaban J connectivity index is 2.60. The molecular formula is C10H13F3N2. The molecule has 0 fully saturated rings. The molecule has 0 saturated heterocycles. The van der Waals surface area contributed by atoms with Gasteiger partial charge < -0.3 is 11.5 Å². The Morgan fingerprint density at radius 3 is 2.07 bits per heavy atom. The Bertz CT molecular complexity index is 297. The number of halogens is 3. The third kappa shape index (κ3) is 3.53. The Kier molecular flexibility index (Phi) is 3.71. The molecule has 0 spiro atoms. The van der Waals surface area contributed by atoms with Crippen LogP contribution < -0.4 is 11.5 Å². The van der Waals surface area contributed by atoms with Gasteiger partial charge >= 0.3 is 6.18 Å². The lowest BCUT2D eigenvalue weighted by atomic mass is 10.0. The van der Waals surface area contributed by atoms with Crippen molar-refractivity contribution >= 4 is 0 Å². The van der Waals surface area contributed by atoms with Crippen LogP contribution in [0.25, 0.3) is 0 Å². The fraction of sp³-hybridized carbons (Fsp3) is 0.400. The minimum absolute atomic E-state index is 0.127. The Morgan fingerprint density at radius 1 is 1.07 bits per heavy atom. The summed E-state index contributed by atoms with van der Waals surface area (Å²) in [5, 5.41) is 0. The van der Waals surface area contributed by atoms with Crippen molar-refractivity contribution in [2.45, 2.75) is 24.7 Å². The minimum atomic E-state index is -4.44. The first-order chi connectivity index (χ1) is 6.91. The van der Waals surface area contributed by atoms with E-state index < -0.39 is 18.3 Å². The second kappa shape index (κ2) is 4.63. The summed E-state index contributed by atoms with van der Waals surface area (Å²) in [7, 11) is 0. The van der Waals surface area contributed by atoms with E-state index >= 15 is 0 Å². The standard InChI is InChI=1S/C10H13F3N2/c11-10(12,13)9(15)8(14)6-7-4-2-1-3-5-7/h1-5,8-9H,6,14-15H2/t8-,9-/m1/s1. The van der Waals surface area contributed by atoms with Gasteiger partial charge in [0.05, 0.1) is 0 Å². The zero-order valence-corrected chi connectivity index (χ0v) is 8.04. The first kappa shape index (κ1) is 12.0. The molecule has 4 N–H and O–H groups in total. The van der Waals surface area contributed by atoms with Crippen molar-refractivity contribution in [2.75, 3.05) is 0 Å². The molecule has 0 radical (unpaired) electrons. The van der Waals surface area contributed by atoms with Crippen LogP contribution in [-0.2, 0) is 6.42 Å². The van der Waals surface area contributed by atoms with Crippen molar-refractivity contribution in [3.05, 3.63) is 35.9 Å². The smallest absolute Gasteiger partial charge is 0.326 e. The topological polar surface area (TPSA) is 52.0 Å². The molecule has 15 heavy (non-hydrogen) atoms. The summed E-state index contributed by atoms with van der Waals surface area (Å²) in [5.41, 5.74) is 11.1. The highest BCUT2D eigenvalue weighted by Crippen LogP contribution is 2.21. The maximum Gasteiger partial charge on any atom is 0.405 e. The van der Waals surface area contributed by atoms with Crippen molar-refractivity contribution in [3.8, 4) is 0 Å². The van der Waals surface area contributed by atoms with E-state index in [1.807, 2.05) is 0 Å². The monoisotopic (exact) mass is 218 g/mol.